The second-order valence-corrected chi connectivity index (χ2v) is 7.54. The van der Waals surface area contributed by atoms with Crippen LogP contribution in [0.15, 0.2) is 45.5 Å². The van der Waals surface area contributed by atoms with Crippen LogP contribution in [-0.2, 0) is 0 Å². The monoisotopic (exact) mass is 496 g/mol. The number of rotatable bonds is 8. The first-order chi connectivity index (χ1) is 14.7. The molecule has 0 saturated carbocycles. The number of oxazole rings is 1. The van der Waals surface area contributed by atoms with Crippen LogP contribution in [0.25, 0.3) is 11.3 Å². The summed E-state index contributed by atoms with van der Waals surface area (Å²) in [7, 11) is 0. The molecule has 0 fully saturated rings. The standard InChI is InChI=1S/C21H19BrF2N2O5/c1-10-2-4-11(5-3-10)18-19(22)31-21(26-18)15(8-12(28)9-27)30-14-7-6-13(23)16(17(14)24)20(25)29/h2-7,12,15,27-28H,8-9H2,1H3,(H2,25,29). The van der Waals surface area contributed by atoms with Crippen LogP contribution in [0, 0.1) is 18.6 Å². The van der Waals surface area contributed by atoms with Gasteiger partial charge < -0.3 is 25.1 Å². The number of nitrogens with two attached hydrogens (primary N) is 1. The zero-order valence-electron chi connectivity index (χ0n) is 16.3. The summed E-state index contributed by atoms with van der Waals surface area (Å²) in [6, 6.07) is 9.26. The van der Waals surface area contributed by atoms with Gasteiger partial charge in [0.1, 0.15) is 17.1 Å². The van der Waals surface area contributed by atoms with Crippen LogP contribution < -0.4 is 10.5 Å². The quantitative estimate of drug-likeness (QED) is 0.437. The second kappa shape index (κ2) is 9.54. The molecule has 0 radical (unpaired) electrons. The van der Waals surface area contributed by atoms with Gasteiger partial charge in [-0.05, 0) is 35.0 Å². The Morgan fingerprint density at radius 2 is 1.94 bits per heavy atom. The molecule has 1 amide bonds. The average Bonchev–Trinajstić information content (AvgIpc) is 3.11. The van der Waals surface area contributed by atoms with Gasteiger partial charge in [-0.25, -0.2) is 13.8 Å². The van der Waals surface area contributed by atoms with Crippen molar-refractivity contribution in [2.45, 2.75) is 25.6 Å². The number of aliphatic hydroxyl groups excluding tert-OH is 2. The van der Waals surface area contributed by atoms with Crippen molar-refractivity contribution in [3.05, 3.63) is 69.7 Å². The maximum Gasteiger partial charge on any atom is 0.254 e. The van der Waals surface area contributed by atoms with Gasteiger partial charge in [-0.3, -0.25) is 4.79 Å². The first kappa shape index (κ1) is 22.9. The molecule has 1 aromatic heterocycles. The number of aromatic nitrogens is 1. The fraction of sp³-hybridized carbons (Fsp3) is 0.238. The van der Waals surface area contributed by atoms with E-state index in [1.165, 1.54) is 0 Å². The molecule has 164 valence electrons. The Bertz CT molecular complexity index is 1090. The first-order valence-corrected chi connectivity index (χ1v) is 9.97. The molecule has 2 atom stereocenters. The molecule has 2 unspecified atom stereocenters. The number of hydrogen-bond acceptors (Lipinski definition) is 6. The minimum atomic E-state index is -1.30. The van der Waals surface area contributed by atoms with Gasteiger partial charge in [-0.2, -0.15) is 0 Å². The van der Waals surface area contributed by atoms with Crippen LogP contribution in [-0.4, -0.2) is 33.8 Å². The molecule has 0 bridgehead atoms. The number of carbonyl (C=O) groups is 1. The summed E-state index contributed by atoms with van der Waals surface area (Å²) in [4.78, 5) is 15.8. The van der Waals surface area contributed by atoms with Crippen LogP contribution >= 0.6 is 15.9 Å². The zero-order chi connectivity index (χ0) is 22.7. The largest absolute Gasteiger partial charge is 0.477 e. The Hall–Kier alpha value is -2.82. The molecule has 3 rings (SSSR count). The highest BCUT2D eigenvalue weighted by molar-refractivity contribution is 9.10. The fourth-order valence-corrected chi connectivity index (χ4v) is 3.35. The number of nitrogens with zero attached hydrogens (tertiary/aromatic N) is 1. The molecule has 10 heteroatoms. The number of amides is 1. The molecule has 31 heavy (non-hydrogen) atoms. The third-order valence-corrected chi connectivity index (χ3v) is 5.01. The van der Waals surface area contributed by atoms with Gasteiger partial charge >= 0.3 is 0 Å². The van der Waals surface area contributed by atoms with Crippen LogP contribution in [0.3, 0.4) is 0 Å². The lowest BCUT2D eigenvalue weighted by Gasteiger charge is -2.19. The molecule has 0 spiro atoms. The van der Waals surface area contributed by atoms with Gasteiger partial charge in [0.2, 0.25) is 5.89 Å². The van der Waals surface area contributed by atoms with Crippen molar-refractivity contribution in [2.24, 2.45) is 5.73 Å². The van der Waals surface area contributed by atoms with E-state index in [-0.39, 0.29) is 17.0 Å². The van der Waals surface area contributed by atoms with Crippen molar-refractivity contribution in [3.8, 4) is 17.0 Å². The molecule has 7 nitrogen and oxygen atoms in total. The molecule has 0 saturated heterocycles. The molecular formula is C21H19BrF2N2O5. The highest BCUT2D eigenvalue weighted by Gasteiger charge is 2.28. The summed E-state index contributed by atoms with van der Waals surface area (Å²) in [5.74, 6) is -4.24. The molecule has 0 aliphatic heterocycles. The number of ether oxygens (including phenoxy) is 1. The maximum absolute atomic E-state index is 14.6. The van der Waals surface area contributed by atoms with Gasteiger partial charge in [0.05, 0.1) is 12.7 Å². The van der Waals surface area contributed by atoms with E-state index in [9.17, 15) is 23.8 Å². The third-order valence-electron chi connectivity index (χ3n) is 4.47. The lowest BCUT2D eigenvalue weighted by Crippen LogP contribution is -2.21. The van der Waals surface area contributed by atoms with E-state index in [2.05, 4.69) is 20.9 Å². The maximum atomic E-state index is 14.6. The van der Waals surface area contributed by atoms with Gasteiger partial charge in [0.15, 0.2) is 22.3 Å². The predicted octanol–water partition coefficient (Wildman–Crippen LogP) is 3.65. The number of benzene rings is 2. The van der Waals surface area contributed by atoms with E-state index < -0.39 is 47.7 Å². The van der Waals surface area contributed by atoms with E-state index in [0.717, 1.165) is 23.3 Å². The summed E-state index contributed by atoms with van der Waals surface area (Å²) in [6.45, 7) is 1.34. The zero-order valence-corrected chi connectivity index (χ0v) is 17.9. The summed E-state index contributed by atoms with van der Waals surface area (Å²) in [5, 5.41) is 19.1. The summed E-state index contributed by atoms with van der Waals surface area (Å²) >= 11 is 3.28. The van der Waals surface area contributed by atoms with Crippen LogP contribution in [0.4, 0.5) is 8.78 Å². The predicted molar refractivity (Wildman–Crippen MR) is 110 cm³/mol. The SMILES string of the molecule is Cc1ccc(-c2nc(C(CC(O)CO)Oc3ccc(F)c(C(N)=O)c3F)oc2Br)cc1. The summed E-state index contributed by atoms with van der Waals surface area (Å²) in [6.07, 6.45) is -2.63. The topological polar surface area (TPSA) is 119 Å². The fourth-order valence-electron chi connectivity index (χ4n) is 2.87. The molecule has 0 aliphatic rings. The van der Waals surface area contributed by atoms with Gasteiger partial charge in [-0.1, -0.05) is 29.8 Å². The van der Waals surface area contributed by atoms with Crippen molar-refractivity contribution in [1.82, 2.24) is 4.98 Å². The number of aliphatic hydroxyl groups is 2. The molecule has 2 aromatic carbocycles. The molecule has 3 aromatic rings. The minimum absolute atomic E-state index is 0.0284. The van der Waals surface area contributed by atoms with E-state index >= 15 is 0 Å². The highest BCUT2D eigenvalue weighted by Crippen LogP contribution is 2.35. The Balaban J connectivity index is 1.99. The van der Waals surface area contributed by atoms with Crippen LogP contribution in [0.5, 0.6) is 5.75 Å². The van der Waals surface area contributed by atoms with Gasteiger partial charge in [0, 0.05) is 12.0 Å². The minimum Gasteiger partial charge on any atom is -0.477 e. The normalized spacial score (nSPS) is 13.1. The Labute approximate surface area is 184 Å². The van der Waals surface area contributed by atoms with Gasteiger partial charge in [0.25, 0.3) is 5.91 Å². The van der Waals surface area contributed by atoms with Gasteiger partial charge in [-0.15, -0.1) is 0 Å². The van der Waals surface area contributed by atoms with E-state index in [4.69, 9.17) is 14.9 Å². The number of primary amides is 1. The van der Waals surface area contributed by atoms with Crippen molar-refractivity contribution in [1.29, 1.82) is 0 Å². The number of hydrogen-bond donors (Lipinski definition) is 3. The Morgan fingerprint density at radius 1 is 1.26 bits per heavy atom. The summed E-state index contributed by atoms with van der Waals surface area (Å²) < 4.78 is 39.9. The molecule has 4 N–H and O–H groups in total. The highest BCUT2D eigenvalue weighted by atomic mass is 79.9. The molecular weight excluding hydrogens is 478 g/mol. The van der Waals surface area contributed by atoms with E-state index in [1.807, 2.05) is 31.2 Å². The van der Waals surface area contributed by atoms with Crippen LogP contribution in [0.2, 0.25) is 0 Å². The third kappa shape index (κ3) is 5.09. The van der Waals surface area contributed by atoms with Crippen molar-refractivity contribution in [3.63, 3.8) is 0 Å². The van der Waals surface area contributed by atoms with E-state index in [0.29, 0.717) is 5.69 Å². The van der Waals surface area contributed by atoms with Crippen LogP contribution in [0.1, 0.15) is 34.3 Å². The Morgan fingerprint density at radius 3 is 2.55 bits per heavy atom. The lowest BCUT2D eigenvalue weighted by atomic mass is 10.1. The molecule has 1 heterocycles. The number of carbonyl (C=O) groups excluding carboxylic acids is 1. The van der Waals surface area contributed by atoms with Crippen molar-refractivity contribution < 1.29 is 32.9 Å². The smallest absolute Gasteiger partial charge is 0.254 e. The van der Waals surface area contributed by atoms with Crippen molar-refractivity contribution in [2.75, 3.05) is 6.61 Å². The average molecular weight is 497 g/mol. The number of aryl methyl sites for hydroxylation is 1. The number of halogens is 3. The Kier molecular flexibility index (Phi) is 7.04. The second-order valence-electron chi connectivity index (χ2n) is 6.82. The summed E-state index contributed by atoms with van der Waals surface area (Å²) in [5.41, 5.74) is 6.32. The molecule has 0 aliphatic carbocycles. The first-order valence-electron chi connectivity index (χ1n) is 9.17. The lowest BCUT2D eigenvalue weighted by molar-refractivity contribution is 0.0395. The van der Waals surface area contributed by atoms with Crippen molar-refractivity contribution >= 4 is 21.8 Å². The van der Waals surface area contributed by atoms with E-state index in [1.54, 1.807) is 0 Å².